The minimum atomic E-state index is -3.15. The van der Waals surface area contributed by atoms with Gasteiger partial charge in [-0.05, 0) is 24.3 Å². The summed E-state index contributed by atoms with van der Waals surface area (Å²) in [6.45, 7) is 0. The van der Waals surface area contributed by atoms with Crippen LogP contribution in [0.3, 0.4) is 0 Å². The summed E-state index contributed by atoms with van der Waals surface area (Å²) < 4.78 is 24.0. The largest absolute Gasteiger partial charge is 0.224 e. The lowest BCUT2D eigenvalue weighted by atomic mass is 10.4. The van der Waals surface area contributed by atoms with Crippen LogP contribution in [0, 0.1) is 0 Å². The fourth-order valence-corrected chi connectivity index (χ4v) is 4.14. The van der Waals surface area contributed by atoms with Gasteiger partial charge in [-0.3, -0.25) is 0 Å². The molecule has 2 aromatic carbocycles. The zero-order valence-electron chi connectivity index (χ0n) is 9.82. The average Bonchev–Trinajstić information content (AvgIpc) is 2.41. The lowest BCUT2D eigenvalue weighted by Gasteiger charge is -2.04. The molecule has 0 atom stereocenters. The molecule has 0 amide bonds. The molecule has 0 bridgehead atoms. The second-order valence-corrected chi connectivity index (χ2v) is 7.07. The van der Waals surface area contributed by atoms with Crippen molar-refractivity contribution in [3.63, 3.8) is 0 Å². The Morgan fingerprint density at radius 3 is 2.00 bits per heavy atom. The maximum absolute atomic E-state index is 12.0. The highest BCUT2D eigenvalue weighted by Crippen LogP contribution is 2.19. The van der Waals surface area contributed by atoms with E-state index in [2.05, 4.69) is 0 Å². The Kier molecular flexibility index (Phi) is 4.44. The van der Waals surface area contributed by atoms with Crippen molar-refractivity contribution >= 4 is 21.6 Å². The van der Waals surface area contributed by atoms with Crippen LogP contribution >= 0.6 is 11.8 Å². The van der Waals surface area contributed by atoms with Crippen LogP contribution in [0.1, 0.15) is 0 Å². The van der Waals surface area contributed by atoms with Crippen molar-refractivity contribution in [2.24, 2.45) is 0 Å². The average molecular weight is 278 g/mol. The van der Waals surface area contributed by atoms with E-state index in [1.807, 2.05) is 36.4 Å². The topological polar surface area (TPSA) is 34.1 Å². The quantitative estimate of drug-likeness (QED) is 0.787. The molecular weight excluding hydrogens is 264 g/mol. The second kappa shape index (κ2) is 6.07. The number of rotatable bonds is 5. The highest BCUT2D eigenvalue weighted by molar-refractivity contribution is 8.00. The van der Waals surface area contributed by atoms with Gasteiger partial charge in [0.05, 0.1) is 10.6 Å². The molecule has 2 aromatic rings. The van der Waals surface area contributed by atoms with Crippen LogP contribution < -0.4 is 0 Å². The molecule has 4 heteroatoms. The molecule has 0 N–H and O–H groups in total. The van der Waals surface area contributed by atoms with Gasteiger partial charge < -0.3 is 0 Å². The Hall–Kier alpha value is -1.26. The fraction of sp³-hybridized carbons (Fsp3) is 0.143. The summed E-state index contributed by atoms with van der Waals surface area (Å²) in [7, 11) is -3.15. The van der Waals surface area contributed by atoms with Gasteiger partial charge in [-0.1, -0.05) is 36.4 Å². The monoisotopic (exact) mass is 278 g/mol. The molecule has 0 saturated carbocycles. The van der Waals surface area contributed by atoms with E-state index < -0.39 is 9.84 Å². The van der Waals surface area contributed by atoms with E-state index in [0.717, 1.165) is 4.90 Å². The van der Waals surface area contributed by atoms with Crippen molar-refractivity contribution in [1.82, 2.24) is 0 Å². The number of hydrogen-bond donors (Lipinski definition) is 0. The molecule has 0 aliphatic heterocycles. The Morgan fingerprint density at radius 1 is 0.833 bits per heavy atom. The van der Waals surface area contributed by atoms with Gasteiger partial charge in [-0.15, -0.1) is 11.8 Å². The number of sulfone groups is 1. The summed E-state index contributed by atoms with van der Waals surface area (Å²) in [5.41, 5.74) is 0. The number of benzene rings is 2. The molecule has 18 heavy (non-hydrogen) atoms. The van der Waals surface area contributed by atoms with Crippen molar-refractivity contribution in [1.29, 1.82) is 0 Å². The van der Waals surface area contributed by atoms with E-state index in [1.54, 1.807) is 36.0 Å². The SMILES string of the molecule is O=S(=O)(CCSc1ccccc1)c1ccccc1. The third-order valence-electron chi connectivity index (χ3n) is 2.47. The van der Waals surface area contributed by atoms with E-state index >= 15 is 0 Å². The van der Waals surface area contributed by atoms with Crippen LogP contribution in [0.2, 0.25) is 0 Å². The number of thioether (sulfide) groups is 1. The minimum absolute atomic E-state index is 0.163. The maximum atomic E-state index is 12.0. The summed E-state index contributed by atoms with van der Waals surface area (Å²) in [6.07, 6.45) is 0. The summed E-state index contributed by atoms with van der Waals surface area (Å²) in [5.74, 6) is 0.734. The Balaban J connectivity index is 1.95. The molecule has 0 aliphatic rings. The lowest BCUT2D eigenvalue weighted by Crippen LogP contribution is -2.08. The highest BCUT2D eigenvalue weighted by Gasteiger charge is 2.13. The zero-order valence-corrected chi connectivity index (χ0v) is 11.5. The van der Waals surface area contributed by atoms with E-state index in [9.17, 15) is 8.42 Å². The van der Waals surface area contributed by atoms with Crippen LogP contribution in [-0.4, -0.2) is 19.9 Å². The Bertz CT molecular complexity index is 578. The van der Waals surface area contributed by atoms with Crippen molar-refractivity contribution < 1.29 is 8.42 Å². The maximum Gasteiger partial charge on any atom is 0.179 e. The van der Waals surface area contributed by atoms with Crippen LogP contribution in [0.25, 0.3) is 0 Å². The van der Waals surface area contributed by atoms with E-state index in [4.69, 9.17) is 0 Å². The van der Waals surface area contributed by atoms with Crippen molar-refractivity contribution in [3.8, 4) is 0 Å². The summed E-state index contributed by atoms with van der Waals surface area (Å²) in [5, 5.41) is 0. The standard InChI is InChI=1S/C14H14O2S2/c15-18(16,14-9-5-2-6-10-14)12-11-17-13-7-3-1-4-8-13/h1-10H,11-12H2. The Morgan fingerprint density at radius 2 is 1.39 bits per heavy atom. The normalized spacial score (nSPS) is 11.3. The summed E-state index contributed by atoms with van der Waals surface area (Å²) >= 11 is 1.56. The van der Waals surface area contributed by atoms with Crippen LogP contribution in [0.15, 0.2) is 70.5 Å². The molecule has 0 saturated heterocycles. The van der Waals surface area contributed by atoms with Gasteiger partial charge in [0.25, 0.3) is 0 Å². The molecule has 2 nitrogen and oxygen atoms in total. The molecule has 94 valence electrons. The van der Waals surface area contributed by atoms with Crippen molar-refractivity contribution in [3.05, 3.63) is 60.7 Å². The molecule has 0 radical (unpaired) electrons. The number of hydrogen-bond acceptors (Lipinski definition) is 3. The third kappa shape index (κ3) is 3.62. The first-order valence-corrected chi connectivity index (χ1v) is 8.28. The first kappa shape index (κ1) is 13.2. The van der Waals surface area contributed by atoms with Crippen molar-refractivity contribution in [2.75, 3.05) is 11.5 Å². The molecular formula is C14H14O2S2. The van der Waals surface area contributed by atoms with Gasteiger partial charge in [-0.2, -0.15) is 0 Å². The molecule has 0 aliphatic carbocycles. The van der Waals surface area contributed by atoms with Gasteiger partial charge >= 0.3 is 0 Å². The highest BCUT2D eigenvalue weighted by atomic mass is 32.2. The molecule has 0 spiro atoms. The third-order valence-corrected chi connectivity index (χ3v) is 5.47. The zero-order chi connectivity index (χ0) is 12.8. The second-order valence-electron chi connectivity index (χ2n) is 3.79. The van der Waals surface area contributed by atoms with Crippen LogP contribution in [0.4, 0.5) is 0 Å². The van der Waals surface area contributed by atoms with Gasteiger partial charge in [-0.25, -0.2) is 8.42 Å². The molecule has 0 fully saturated rings. The van der Waals surface area contributed by atoms with Crippen LogP contribution in [-0.2, 0) is 9.84 Å². The van der Waals surface area contributed by atoms with Gasteiger partial charge in [0.2, 0.25) is 0 Å². The Labute approximate surface area is 112 Å². The molecule has 0 aromatic heterocycles. The molecule has 2 rings (SSSR count). The lowest BCUT2D eigenvalue weighted by molar-refractivity contribution is 0.597. The smallest absolute Gasteiger partial charge is 0.179 e. The van der Waals surface area contributed by atoms with E-state index in [-0.39, 0.29) is 5.75 Å². The van der Waals surface area contributed by atoms with Crippen molar-refractivity contribution in [2.45, 2.75) is 9.79 Å². The van der Waals surface area contributed by atoms with Gasteiger partial charge in [0, 0.05) is 10.6 Å². The minimum Gasteiger partial charge on any atom is -0.224 e. The predicted molar refractivity (Wildman–Crippen MR) is 75.7 cm³/mol. The first-order valence-electron chi connectivity index (χ1n) is 5.64. The van der Waals surface area contributed by atoms with Crippen LogP contribution in [0.5, 0.6) is 0 Å². The summed E-state index contributed by atoms with van der Waals surface area (Å²) in [6, 6.07) is 18.4. The van der Waals surface area contributed by atoms with Gasteiger partial charge in [0.15, 0.2) is 9.84 Å². The van der Waals surface area contributed by atoms with Gasteiger partial charge in [0.1, 0.15) is 0 Å². The first-order chi connectivity index (χ1) is 8.68. The molecule has 0 heterocycles. The predicted octanol–water partition coefficient (Wildman–Crippen LogP) is 3.25. The summed E-state index contributed by atoms with van der Waals surface area (Å²) in [4.78, 5) is 1.50. The fourth-order valence-electron chi connectivity index (χ4n) is 1.53. The van der Waals surface area contributed by atoms with E-state index in [1.165, 1.54) is 0 Å². The molecule has 0 unspecified atom stereocenters. The van der Waals surface area contributed by atoms with E-state index in [0.29, 0.717) is 10.6 Å².